The molecule has 0 saturated carbocycles. The van der Waals surface area contributed by atoms with Crippen molar-refractivity contribution in [2.45, 2.75) is 43.8 Å². The van der Waals surface area contributed by atoms with Gasteiger partial charge in [0.2, 0.25) is 27.7 Å². The first-order chi connectivity index (χ1) is 20.9. The Morgan fingerprint density at radius 1 is 0.636 bits per heavy atom. The quantitative estimate of drug-likeness (QED) is 0.176. The topological polar surface area (TPSA) is 137 Å². The summed E-state index contributed by atoms with van der Waals surface area (Å²) in [6.07, 6.45) is 0. The summed E-state index contributed by atoms with van der Waals surface area (Å²) in [5.74, 6) is -1.71. The van der Waals surface area contributed by atoms with Gasteiger partial charge >= 0.3 is 0 Å². The van der Waals surface area contributed by atoms with Crippen molar-refractivity contribution in [2.24, 2.45) is 0 Å². The molecule has 5 aromatic rings. The normalized spacial score (nSPS) is 13.8. The summed E-state index contributed by atoms with van der Waals surface area (Å²) >= 11 is 0. The number of nitrogens with zero attached hydrogens (tertiary/aromatic N) is 1. The summed E-state index contributed by atoms with van der Waals surface area (Å²) in [6.45, 7) is 4.40. The van der Waals surface area contributed by atoms with Gasteiger partial charge in [0.25, 0.3) is 0 Å². The monoisotopic (exact) mass is 613 g/mol. The number of anilines is 2. The average molecular weight is 614 g/mol. The number of hydrogen-bond donors (Lipinski definition) is 4. The second-order valence-corrected chi connectivity index (χ2v) is 12.8. The molecular weight excluding hydrogens is 578 g/mol. The Kier molecular flexibility index (Phi) is 8.44. The van der Waals surface area contributed by atoms with Gasteiger partial charge in [-0.25, -0.2) is 8.42 Å². The molecule has 228 valence electrons. The predicted molar refractivity (Wildman–Crippen MR) is 175 cm³/mol. The van der Waals surface area contributed by atoms with Crippen molar-refractivity contribution >= 4 is 71.4 Å². The van der Waals surface area contributed by atoms with Crippen LogP contribution in [0.1, 0.15) is 20.8 Å². The van der Waals surface area contributed by atoms with Crippen LogP contribution in [0.5, 0.6) is 0 Å². The van der Waals surface area contributed by atoms with Crippen LogP contribution < -0.4 is 25.6 Å². The fourth-order valence-electron chi connectivity index (χ4n) is 5.19. The molecule has 0 heterocycles. The second-order valence-electron chi connectivity index (χ2n) is 11.2. The van der Waals surface area contributed by atoms with Gasteiger partial charge in [-0.2, -0.15) is 4.72 Å². The molecule has 0 unspecified atom stereocenters. The minimum absolute atomic E-state index is 0.0601. The molecule has 44 heavy (non-hydrogen) atoms. The highest BCUT2D eigenvalue weighted by molar-refractivity contribution is 7.89. The van der Waals surface area contributed by atoms with Crippen LogP contribution in [-0.2, 0) is 24.4 Å². The van der Waals surface area contributed by atoms with E-state index >= 15 is 0 Å². The molecule has 0 radical (unpaired) electrons. The first-order valence-corrected chi connectivity index (χ1v) is 15.7. The summed E-state index contributed by atoms with van der Waals surface area (Å²) < 4.78 is 29.5. The number of carbonyl (C=O) groups is 3. The summed E-state index contributed by atoms with van der Waals surface area (Å²) in [7, 11) is -0.297. The lowest BCUT2D eigenvalue weighted by Crippen LogP contribution is -2.54. The number of carbonyl (C=O) groups excluding carboxylic acids is 3. The van der Waals surface area contributed by atoms with Crippen LogP contribution in [0.15, 0.2) is 83.8 Å². The van der Waals surface area contributed by atoms with Crippen LogP contribution in [0.2, 0.25) is 0 Å². The standard InChI is InChI=1S/C33H35N5O5S/c1-19(31(39)34-20(2)32(40)36-25-13-15-26(16-14-25)38(4)5)35-33(41)21(3)37-44(42,43)28-18-12-24-10-9-22-7-6-8-23-11-17-27(28)30(24)29(22)23/h6-21,37H,1-5H3,(H,34,39)(H,35,41)(H,36,40)/t19-,20-,21-/m0/s1. The minimum atomic E-state index is -4.12. The van der Waals surface area contributed by atoms with Crippen molar-refractivity contribution in [3.8, 4) is 0 Å². The zero-order valence-electron chi connectivity index (χ0n) is 25.1. The molecule has 5 aromatic carbocycles. The molecular formula is C33H35N5O5S. The van der Waals surface area contributed by atoms with E-state index < -0.39 is 45.9 Å². The molecule has 0 fully saturated rings. The Bertz CT molecular complexity index is 1960. The maximum absolute atomic E-state index is 13.5. The minimum Gasteiger partial charge on any atom is -0.378 e. The van der Waals surface area contributed by atoms with Gasteiger partial charge in [-0.05, 0) is 78.0 Å². The van der Waals surface area contributed by atoms with Gasteiger partial charge in [-0.3, -0.25) is 14.4 Å². The predicted octanol–water partition coefficient (Wildman–Crippen LogP) is 3.96. The van der Waals surface area contributed by atoms with E-state index in [1.54, 1.807) is 24.3 Å². The number of amides is 3. The molecule has 11 heteroatoms. The molecule has 3 atom stereocenters. The van der Waals surface area contributed by atoms with Crippen LogP contribution in [0.25, 0.3) is 32.3 Å². The van der Waals surface area contributed by atoms with E-state index in [2.05, 4.69) is 20.7 Å². The highest BCUT2D eigenvalue weighted by Crippen LogP contribution is 2.37. The van der Waals surface area contributed by atoms with Gasteiger partial charge in [-0.1, -0.05) is 48.5 Å². The van der Waals surface area contributed by atoms with E-state index in [1.807, 2.05) is 67.5 Å². The lowest BCUT2D eigenvalue weighted by atomic mass is 9.94. The van der Waals surface area contributed by atoms with Crippen molar-refractivity contribution in [1.29, 1.82) is 0 Å². The lowest BCUT2D eigenvalue weighted by Gasteiger charge is -2.21. The number of benzene rings is 5. The molecule has 0 aliphatic carbocycles. The highest BCUT2D eigenvalue weighted by atomic mass is 32.2. The maximum Gasteiger partial charge on any atom is 0.246 e. The third kappa shape index (κ3) is 6.15. The fraction of sp³-hybridized carbons (Fsp3) is 0.242. The first kappa shape index (κ1) is 30.7. The highest BCUT2D eigenvalue weighted by Gasteiger charge is 2.27. The zero-order chi connectivity index (χ0) is 31.8. The molecule has 0 saturated heterocycles. The Labute approximate surface area is 256 Å². The average Bonchev–Trinajstić information content (AvgIpc) is 2.99. The van der Waals surface area contributed by atoms with Crippen molar-refractivity contribution in [3.63, 3.8) is 0 Å². The van der Waals surface area contributed by atoms with Crippen LogP contribution in [0.4, 0.5) is 11.4 Å². The summed E-state index contributed by atoms with van der Waals surface area (Å²) in [5, 5.41) is 13.2. The Balaban J connectivity index is 1.22. The Morgan fingerprint density at radius 2 is 1.16 bits per heavy atom. The molecule has 4 N–H and O–H groups in total. The third-order valence-corrected chi connectivity index (χ3v) is 9.26. The summed E-state index contributed by atoms with van der Waals surface area (Å²) in [6, 6.07) is 21.0. The van der Waals surface area contributed by atoms with E-state index in [0.717, 1.165) is 32.6 Å². The van der Waals surface area contributed by atoms with E-state index in [0.29, 0.717) is 11.1 Å². The van der Waals surface area contributed by atoms with E-state index in [-0.39, 0.29) is 4.90 Å². The molecule has 0 aliphatic heterocycles. The Hall–Kier alpha value is -4.74. The van der Waals surface area contributed by atoms with Gasteiger partial charge in [0.15, 0.2) is 0 Å². The number of nitrogens with one attached hydrogen (secondary N) is 4. The van der Waals surface area contributed by atoms with Gasteiger partial charge in [0, 0.05) is 30.9 Å². The van der Waals surface area contributed by atoms with Gasteiger partial charge < -0.3 is 20.9 Å². The number of hydrogen-bond acceptors (Lipinski definition) is 6. The van der Waals surface area contributed by atoms with Crippen molar-refractivity contribution in [2.75, 3.05) is 24.3 Å². The van der Waals surface area contributed by atoms with Gasteiger partial charge in [0.05, 0.1) is 10.9 Å². The molecule has 0 aliphatic rings. The van der Waals surface area contributed by atoms with Crippen LogP contribution in [-0.4, -0.2) is 58.4 Å². The van der Waals surface area contributed by atoms with Crippen LogP contribution >= 0.6 is 0 Å². The third-order valence-electron chi connectivity index (χ3n) is 7.66. The first-order valence-electron chi connectivity index (χ1n) is 14.2. The SMILES string of the molecule is C[C@H](NC(=O)[C@H](C)NC(=O)[C@H](C)NS(=O)(=O)c1ccc2ccc3cccc4ccc1c2c34)C(=O)Nc1ccc(N(C)C)cc1. The maximum atomic E-state index is 13.5. The lowest BCUT2D eigenvalue weighted by molar-refractivity contribution is -0.130. The van der Waals surface area contributed by atoms with Crippen molar-refractivity contribution in [3.05, 3.63) is 78.9 Å². The largest absolute Gasteiger partial charge is 0.378 e. The number of sulfonamides is 1. The Morgan fingerprint density at radius 3 is 1.77 bits per heavy atom. The van der Waals surface area contributed by atoms with Gasteiger partial charge in [0.1, 0.15) is 12.1 Å². The van der Waals surface area contributed by atoms with E-state index in [1.165, 1.54) is 26.8 Å². The summed E-state index contributed by atoms with van der Waals surface area (Å²) in [4.78, 5) is 40.3. The van der Waals surface area contributed by atoms with Crippen LogP contribution in [0, 0.1) is 0 Å². The fourth-order valence-corrected chi connectivity index (χ4v) is 6.60. The van der Waals surface area contributed by atoms with E-state index in [9.17, 15) is 22.8 Å². The van der Waals surface area contributed by atoms with Crippen LogP contribution in [0.3, 0.4) is 0 Å². The zero-order valence-corrected chi connectivity index (χ0v) is 26.0. The van der Waals surface area contributed by atoms with Gasteiger partial charge in [-0.15, -0.1) is 0 Å². The van der Waals surface area contributed by atoms with E-state index in [4.69, 9.17) is 0 Å². The molecule has 3 amide bonds. The smallest absolute Gasteiger partial charge is 0.246 e. The second kappa shape index (κ2) is 12.1. The van der Waals surface area contributed by atoms with Crippen molar-refractivity contribution < 1.29 is 22.8 Å². The number of rotatable bonds is 10. The molecule has 0 bridgehead atoms. The molecule has 0 spiro atoms. The molecule has 0 aromatic heterocycles. The molecule has 5 rings (SSSR count). The van der Waals surface area contributed by atoms with Crippen molar-refractivity contribution in [1.82, 2.24) is 15.4 Å². The summed E-state index contributed by atoms with van der Waals surface area (Å²) in [5.41, 5.74) is 1.55. The molecule has 10 nitrogen and oxygen atoms in total.